The van der Waals surface area contributed by atoms with Crippen molar-refractivity contribution in [3.8, 4) is 0 Å². The van der Waals surface area contributed by atoms with Gasteiger partial charge in [0.25, 0.3) is 0 Å². The van der Waals surface area contributed by atoms with Crippen molar-refractivity contribution < 1.29 is 9.47 Å². The molecule has 1 saturated carbocycles. The largest absolute Gasteiger partial charge is 0.380 e. The summed E-state index contributed by atoms with van der Waals surface area (Å²) in [6.45, 7) is 9.70. The normalized spacial score (nSPS) is 14.6. The number of rotatable bonds is 12. The first-order valence-electron chi connectivity index (χ1n) is 7.92. The van der Waals surface area contributed by atoms with Crippen LogP contribution in [0, 0.1) is 0 Å². The van der Waals surface area contributed by atoms with Crippen LogP contribution in [0.5, 0.6) is 0 Å². The number of aromatic nitrogens is 1. The van der Waals surface area contributed by atoms with Crippen LogP contribution >= 0.6 is 11.3 Å². The lowest BCUT2D eigenvalue weighted by molar-refractivity contribution is 0.141. The highest BCUT2D eigenvalue weighted by Gasteiger charge is 2.20. The number of hydrogen-bond donors (Lipinski definition) is 1. The zero-order valence-corrected chi connectivity index (χ0v) is 14.0. The molecular formula is C15H27N3O2S. The minimum Gasteiger partial charge on any atom is -0.380 e. The SMILES string of the molecule is CCOCCN(CCOCC)c1ncc(CNC2CC2)s1. The third kappa shape index (κ3) is 6.30. The van der Waals surface area contributed by atoms with Crippen molar-refractivity contribution in [3.05, 3.63) is 11.1 Å². The predicted molar refractivity (Wildman–Crippen MR) is 87.2 cm³/mol. The van der Waals surface area contributed by atoms with E-state index in [0.717, 1.165) is 57.2 Å². The number of nitrogens with one attached hydrogen (secondary N) is 1. The molecule has 1 aromatic heterocycles. The molecule has 1 heterocycles. The van der Waals surface area contributed by atoms with Crippen LogP contribution in [-0.4, -0.2) is 50.5 Å². The Labute approximate surface area is 131 Å². The van der Waals surface area contributed by atoms with Gasteiger partial charge in [0.15, 0.2) is 5.13 Å². The summed E-state index contributed by atoms with van der Waals surface area (Å²) in [6, 6.07) is 0.738. The second kappa shape index (κ2) is 9.35. The van der Waals surface area contributed by atoms with E-state index >= 15 is 0 Å². The Morgan fingerprint density at radius 3 is 2.48 bits per heavy atom. The van der Waals surface area contributed by atoms with Crippen molar-refractivity contribution in [2.45, 2.75) is 39.3 Å². The fraction of sp³-hybridized carbons (Fsp3) is 0.800. The van der Waals surface area contributed by atoms with Gasteiger partial charge in [-0.15, -0.1) is 11.3 Å². The fourth-order valence-electron chi connectivity index (χ4n) is 2.00. The van der Waals surface area contributed by atoms with Crippen molar-refractivity contribution in [3.63, 3.8) is 0 Å². The Hall–Kier alpha value is -0.690. The van der Waals surface area contributed by atoms with Crippen molar-refractivity contribution >= 4 is 16.5 Å². The molecule has 1 N–H and O–H groups in total. The minimum atomic E-state index is 0.734. The molecule has 0 aromatic carbocycles. The molecule has 1 fully saturated rings. The maximum absolute atomic E-state index is 5.47. The highest BCUT2D eigenvalue weighted by atomic mass is 32.1. The first kappa shape index (κ1) is 16.7. The molecule has 0 spiro atoms. The van der Waals surface area contributed by atoms with E-state index in [0.29, 0.717) is 0 Å². The average molecular weight is 313 g/mol. The van der Waals surface area contributed by atoms with Gasteiger partial charge in [0.1, 0.15) is 0 Å². The molecule has 0 unspecified atom stereocenters. The number of anilines is 1. The van der Waals surface area contributed by atoms with E-state index in [-0.39, 0.29) is 0 Å². The van der Waals surface area contributed by atoms with Gasteiger partial charge in [-0.1, -0.05) is 0 Å². The summed E-state index contributed by atoms with van der Waals surface area (Å²) in [5, 5.41) is 4.60. The monoisotopic (exact) mass is 313 g/mol. The van der Waals surface area contributed by atoms with Crippen LogP contribution in [-0.2, 0) is 16.0 Å². The highest BCUT2D eigenvalue weighted by Crippen LogP contribution is 2.24. The Morgan fingerprint density at radius 1 is 1.24 bits per heavy atom. The summed E-state index contributed by atoms with van der Waals surface area (Å²) < 4.78 is 10.9. The van der Waals surface area contributed by atoms with E-state index in [1.807, 2.05) is 20.0 Å². The van der Waals surface area contributed by atoms with E-state index in [1.165, 1.54) is 17.7 Å². The van der Waals surface area contributed by atoms with Gasteiger partial charge in [0.2, 0.25) is 0 Å². The zero-order chi connectivity index (χ0) is 14.9. The van der Waals surface area contributed by atoms with Gasteiger partial charge in [-0.3, -0.25) is 0 Å². The van der Waals surface area contributed by atoms with E-state index in [4.69, 9.17) is 9.47 Å². The van der Waals surface area contributed by atoms with Gasteiger partial charge >= 0.3 is 0 Å². The first-order valence-corrected chi connectivity index (χ1v) is 8.73. The molecule has 1 aliphatic rings. The van der Waals surface area contributed by atoms with E-state index in [2.05, 4.69) is 15.2 Å². The molecule has 2 rings (SSSR count). The Kier molecular flexibility index (Phi) is 7.43. The molecule has 21 heavy (non-hydrogen) atoms. The molecule has 0 amide bonds. The lowest BCUT2D eigenvalue weighted by atomic mass is 10.5. The fourth-order valence-corrected chi connectivity index (χ4v) is 2.91. The quantitative estimate of drug-likeness (QED) is 0.600. The molecule has 6 heteroatoms. The number of thiazole rings is 1. The highest BCUT2D eigenvalue weighted by molar-refractivity contribution is 7.15. The Balaban J connectivity index is 1.83. The van der Waals surface area contributed by atoms with Crippen molar-refractivity contribution in [1.82, 2.24) is 10.3 Å². The summed E-state index contributed by atoms with van der Waals surface area (Å²) in [5.74, 6) is 0. The van der Waals surface area contributed by atoms with Crippen molar-refractivity contribution in [2.24, 2.45) is 0 Å². The van der Waals surface area contributed by atoms with Gasteiger partial charge < -0.3 is 19.7 Å². The van der Waals surface area contributed by atoms with Gasteiger partial charge in [0, 0.05) is 50.0 Å². The van der Waals surface area contributed by atoms with E-state index < -0.39 is 0 Å². The van der Waals surface area contributed by atoms with E-state index in [1.54, 1.807) is 11.3 Å². The Bertz CT molecular complexity index is 386. The van der Waals surface area contributed by atoms with Gasteiger partial charge in [-0.05, 0) is 26.7 Å². The number of hydrogen-bond acceptors (Lipinski definition) is 6. The summed E-state index contributed by atoms with van der Waals surface area (Å²) in [7, 11) is 0. The summed E-state index contributed by atoms with van der Waals surface area (Å²) in [6.07, 6.45) is 4.63. The molecule has 5 nitrogen and oxygen atoms in total. The smallest absolute Gasteiger partial charge is 0.185 e. The van der Waals surface area contributed by atoms with Crippen LogP contribution in [0.2, 0.25) is 0 Å². The first-order chi connectivity index (χ1) is 10.3. The third-order valence-electron chi connectivity index (χ3n) is 3.37. The van der Waals surface area contributed by atoms with Gasteiger partial charge in [0.05, 0.1) is 13.2 Å². The lowest BCUT2D eigenvalue weighted by Gasteiger charge is -2.21. The minimum absolute atomic E-state index is 0.734. The topological polar surface area (TPSA) is 46.6 Å². The molecule has 1 aromatic rings. The predicted octanol–water partition coefficient (Wildman–Crippen LogP) is 2.27. The van der Waals surface area contributed by atoms with Crippen LogP contribution in [0.25, 0.3) is 0 Å². The molecule has 0 saturated heterocycles. The van der Waals surface area contributed by atoms with Crippen LogP contribution in [0.3, 0.4) is 0 Å². The molecule has 0 atom stereocenters. The van der Waals surface area contributed by atoms with Crippen LogP contribution in [0.1, 0.15) is 31.6 Å². The molecule has 0 aliphatic heterocycles. The molecular weight excluding hydrogens is 286 g/mol. The number of ether oxygens (including phenoxy) is 2. The van der Waals surface area contributed by atoms with Crippen LogP contribution in [0.4, 0.5) is 5.13 Å². The molecule has 0 bridgehead atoms. The standard InChI is InChI=1S/C15H27N3O2S/c1-3-19-9-7-18(8-10-20-4-2)15-17-12-14(21-15)11-16-13-5-6-13/h12-13,16H,3-11H2,1-2H3. The second-order valence-electron chi connectivity index (χ2n) is 5.15. The van der Waals surface area contributed by atoms with Crippen molar-refractivity contribution in [2.75, 3.05) is 44.4 Å². The van der Waals surface area contributed by atoms with E-state index in [9.17, 15) is 0 Å². The summed E-state index contributed by atoms with van der Waals surface area (Å²) in [5.41, 5.74) is 0. The van der Waals surface area contributed by atoms with Gasteiger partial charge in [-0.2, -0.15) is 0 Å². The molecule has 120 valence electrons. The van der Waals surface area contributed by atoms with Gasteiger partial charge in [-0.25, -0.2) is 4.98 Å². The maximum Gasteiger partial charge on any atom is 0.185 e. The third-order valence-corrected chi connectivity index (χ3v) is 4.43. The summed E-state index contributed by atoms with van der Waals surface area (Å²) >= 11 is 1.77. The molecule has 1 aliphatic carbocycles. The van der Waals surface area contributed by atoms with Crippen molar-refractivity contribution in [1.29, 1.82) is 0 Å². The molecule has 0 radical (unpaired) electrons. The summed E-state index contributed by atoms with van der Waals surface area (Å²) in [4.78, 5) is 8.13. The van der Waals surface area contributed by atoms with Crippen LogP contribution < -0.4 is 10.2 Å². The Morgan fingerprint density at radius 2 is 1.90 bits per heavy atom. The lowest BCUT2D eigenvalue weighted by Crippen LogP contribution is -2.31. The maximum atomic E-state index is 5.47. The average Bonchev–Trinajstić information content (AvgIpc) is 3.21. The zero-order valence-electron chi connectivity index (χ0n) is 13.1. The number of nitrogens with zero attached hydrogens (tertiary/aromatic N) is 2. The second-order valence-corrected chi connectivity index (χ2v) is 6.24. The van der Waals surface area contributed by atoms with Crippen LogP contribution in [0.15, 0.2) is 6.20 Å².